The molecular weight excluding hydrogens is 327 g/mol. The molecule has 19 heavy (non-hydrogen) atoms. The molecule has 0 amide bonds. The lowest BCUT2D eigenvalue weighted by atomic mass is 10.00. The Balaban J connectivity index is 2.00. The standard InChI is InChI=1S/C16H13BrClF/c17-15(13-5-2-6-14(18)16(13)19)12-8-7-10-3-1-4-11(10)9-12/h2,5-9,15H,1,3-4H2. The van der Waals surface area contributed by atoms with Crippen molar-refractivity contribution in [2.24, 2.45) is 0 Å². The summed E-state index contributed by atoms with van der Waals surface area (Å²) < 4.78 is 14.0. The number of hydrogen-bond acceptors (Lipinski definition) is 0. The van der Waals surface area contributed by atoms with E-state index in [1.807, 2.05) is 0 Å². The van der Waals surface area contributed by atoms with E-state index in [0.29, 0.717) is 5.56 Å². The molecule has 0 fully saturated rings. The summed E-state index contributed by atoms with van der Waals surface area (Å²) in [6.45, 7) is 0. The van der Waals surface area contributed by atoms with Crippen LogP contribution < -0.4 is 0 Å². The molecular formula is C16H13BrClF. The zero-order valence-electron chi connectivity index (χ0n) is 10.3. The smallest absolute Gasteiger partial charge is 0.146 e. The number of aryl methyl sites for hydroxylation is 2. The Kier molecular flexibility index (Phi) is 3.64. The third-order valence-electron chi connectivity index (χ3n) is 3.67. The van der Waals surface area contributed by atoms with Crippen molar-refractivity contribution in [2.75, 3.05) is 0 Å². The van der Waals surface area contributed by atoms with Gasteiger partial charge in [0.25, 0.3) is 0 Å². The first-order valence-corrected chi connectivity index (χ1v) is 7.66. The second-order valence-electron chi connectivity index (χ2n) is 4.89. The van der Waals surface area contributed by atoms with Gasteiger partial charge in [0.15, 0.2) is 0 Å². The first-order valence-electron chi connectivity index (χ1n) is 6.36. The molecule has 1 aliphatic rings. The number of rotatable bonds is 2. The van der Waals surface area contributed by atoms with Crippen LogP contribution >= 0.6 is 27.5 Å². The average molecular weight is 340 g/mol. The molecule has 3 heteroatoms. The molecule has 0 bridgehead atoms. The molecule has 1 unspecified atom stereocenters. The first-order chi connectivity index (χ1) is 9.16. The molecule has 0 heterocycles. The van der Waals surface area contributed by atoms with Crippen molar-refractivity contribution in [1.29, 1.82) is 0 Å². The molecule has 0 aliphatic heterocycles. The summed E-state index contributed by atoms with van der Waals surface area (Å²) in [6.07, 6.45) is 3.51. The molecule has 1 atom stereocenters. The number of alkyl halides is 1. The highest BCUT2D eigenvalue weighted by atomic mass is 79.9. The Morgan fingerprint density at radius 1 is 1.11 bits per heavy atom. The largest absolute Gasteiger partial charge is 0.205 e. The van der Waals surface area contributed by atoms with Gasteiger partial charge in [-0.1, -0.05) is 57.9 Å². The monoisotopic (exact) mass is 338 g/mol. The van der Waals surface area contributed by atoms with E-state index >= 15 is 0 Å². The topological polar surface area (TPSA) is 0 Å². The zero-order valence-corrected chi connectivity index (χ0v) is 12.6. The van der Waals surface area contributed by atoms with Gasteiger partial charge in [-0.05, 0) is 42.0 Å². The highest BCUT2D eigenvalue weighted by molar-refractivity contribution is 9.09. The van der Waals surface area contributed by atoms with Crippen molar-refractivity contribution in [3.63, 3.8) is 0 Å². The van der Waals surface area contributed by atoms with E-state index in [1.54, 1.807) is 18.2 Å². The molecule has 0 aromatic heterocycles. The average Bonchev–Trinajstić information content (AvgIpc) is 2.88. The summed E-state index contributed by atoms with van der Waals surface area (Å²) in [4.78, 5) is -0.155. The molecule has 1 aliphatic carbocycles. The van der Waals surface area contributed by atoms with Gasteiger partial charge in [0.05, 0.1) is 9.85 Å². The van der Waals surface area contributed by atoms with Crippen molar-refractivity contribution in [3.05, 3.63) is 69.5 Å². The third-order valence-corrected chi connectivity index (χ3v) is 4.98. The summed E-state index contributed by atoms with van der Waals surface area (Å²) in [5, 5.41) is 0.170. The van der Waals surface area contributed by atoms with Crippen molar-refractivity contribution in [3.8, 4) is 0 Å². The van der Waals surface area contributed by atoms with Crippen LogP contribution in [0.3, 0.4) is 0 Å². The third kappa shape index (κ3) is 2.44. The quantitative estimate of drug-likeness (QED) is 0.638. The molecule has 0 saturated heterocycles. The maximum atomic E-state index is 14.0. The minimum Gasteiger partial charge on any atom is -0.205 e. The molecule has 2 aromatic carbocycles. The number of fused-ring (bicyclic) bond motifs is 1. The van der Waals surface area contributed by atoms with Crippen LogP contribution in [0.1, 0.15) is 33.5 Å². The van der Waals surface area contributed by atoms with Crippen molar-refractivity contribution >= 4 is 27.5 Å². The van der Waals surface area contributed by atoms with E-state index in [2.05, 4.69) is 34.1 Å². The predicted octanol–water partition coefficient (Wildman–Crippen LogP) is 5.45. The Morgan fingerprint density at radius 3 is 2.74 bits per heavy atom. The Hall–Kier alpha value is -0.860. The van der Waals surface area contributed by atoms with Crippen LogP contribution in [0.5, 0.6) is 0 Å². The molecule has 98 valence electrons. The number of hydrogen-bond donors (Lipinski definition) is 0. The van der Waals surface area contributed by atoms with E-state index in [9.17, 15) is 4.39 Å². The zero-order chi connectivity index (χ0) is 13.4. The van der Waals surface area contributed by atoms with Crippen molar-refractivity contribution < 1.29 is 4.39 Å². The maximum Gasteiger partial charge on any atom is 0.146 e. The molecule has 0 nitrogen and oxygen atoms in total. The predicted molar refractivity (Wildman–Crippen MR) is 80.6 cm³/mol. The van der Waals surface area contributed by atoms with Crippen LogP contribution in [0.4, 0.5) is 4.39 Å². The van der Waals surface area contributed by atoms with Gasteiger partial charge in [-0.15, -0.1) is 0 Å². The summed E-state index contributed by atoms with van der Waals surface area (Å²) in [5.41, 5.74) is 4.49. The molecule has 3 rings (SSSR count). The SMILES string of the molecule is Fc1c(Cl)cccc1C(Br)c1ccc2c(c1)CCC2. The molecule has 0 spiro atoms. The summed E-state index contributed by atoms with van der Waals surface area (Å²) in [5.74, 6) is -0.341. The normalized spacial score (nSPS) is 15.3. The van der Waals surface area contributed by atoms with Gasteiger partial charge >= 0.3 is 0 Å². The van der Waals surface area contributed by atoms with Gasteiger partial charge in [-0.3, -0.25) is 0 Å². The highest BCUT2D eigenvalue weighted by Crippen LogP contribution is 2.36. The van der Waals surface area contributed by atoms with Crippen LogP contribution in [0, 0.1) is 5.82 Å². The Bertz CT molecular complexity index is 624. The van der Waals surface area contributed by atoms with Crippen molar-refractivity contribution in [1.82, 2.24) is 0 Å². The first kappa shape index (κ1) is 13.1. The second kappa shape index (κ2) is 5.26. The summed E-state index contributed by atoms with van der Waals surface area (Å²) in [7, 11) is 0. The van der Waals surface area contributed by atoms with Crippen LogP contribution in [-0.2, 0) is 12.8 Å². The molecule has 0 N–H and O–H groups in total. The van der Waals surface area contributed by atoms with Gasteiger partial charge in [0.2, 0.25) is 0 Å². The van der Waals surface area contributed by atoms with Crippen LogP contribution in [0.2, 0.25) is 5.02 Å². The van der Waals surface area contributed by atoms with E-state index in [0.717, 1.165) is 18.4 Å². The van der Waals surface area contributed by atoms with Crippen molar-refractivity contribution in [2.45, 2.75) is 24.1 Å². The highest BCUT2D eigenvalue weighted by Gasteiger charge is 2.19. The van der Waals surface area contributed by atoms with E-state index < -0.39 is 0 Å². The van der Waals surface area contributed by atoms with Gasteiger partial charge < -0.3 is 0 Å². The lowest BCUT2D eigenvalue weighted by molar-refractivity contribution is 0.614. The fourth-order valence-corrected chi connectivity index (χ4v) is 3.47. The fourth-order valence-electron chi connectivity index (χ4n) is 2.65. The minimum atomic E-state index is -0.341. The molecule has 0 radical (unpaired) electrons. The van der Waals surface area contributed by atoms with E-state index in [4.69, 9.17) is 11.6 Å². The van der Waals surface area contributed by atoms with Gasteiger partial charge in [0.1, 0.15) is 5.82 Å². The van der Waals surface area contributed by atoms with Crippen LogP contribution in [0.25, 0.3) is 0 Å². The van der Waals surface area contributed by atoms with Gasteiger partial charge in [0, 0.05) is 5.56 Å². The summed E-state index contributed by atoms with van der Waals surface area (Å²) in [6, 6.07) is 11.5. The second-order valence-corrected chi connectivity index (χ2v) is 6.21. The van der Waals surface area contributed by atoms with Gasteiger partial charge in [-0.2, -0.15) is 0 Å². The maximum absolute atomic E-state index is 14.0. The van der Waals surface area contributed by atoms with E-state index in [-0.39, 0.29) is 15.7 Å². The minimum absolute atomic E-state index is 0.155. The lowest BCUT2D eigenvalue weighted by Gasteiger charge is -2.14. The van der Waals surface area contributed by atoms with Crippen LogP contribution in [0.15, 0.2) is 36.4 Å². The lowest BCUT2D eigenvalue weighted by Crippen LogP contribution is -1.98. The summed E-state index contributed by atoms with van der Waals surface area (Å²) >= 11 is 9.43. The molecule has 2 aromatic rings. The number of benzene rings is 2. The fraction of sp³-hybridized carbons (Fsp3) is 0.250. The molecule has 0 saturated carbocycles. The van der Waals surface area contributed by atoms with Gasteiger partial charge in [-0.25, -0.2) is 4.39 Å². The number of halogens is 3. The van der Waals surface area contributed by atoms with Crippen LogP contribution in [-0.4, -0.2) is 0 Å². The Labute approximate surface area is 125 Å². The van der Waals surface area contributed by atoms with E-state index in [1.165, 1.54) is 17.5 Å². The Morgan fingerprint density at radius 2 is 1.89 bits per heavy atom.